The number of thiocarbonyl (C=S) groups is 1. The van der Waals surface area contributed by atoms with Crippen LogP contribution in [0.3, 0.4) is 0 Å². The predicted molar refractivity (Wildman–Crippen MR) is 141 cm³/mol. The number of rotatable bonds is 7. The molecule has 0 fully saturated rings. The van der Waals surface area contributed by atoms with Crippen molar-refractivity contribution in [2.45, 2.75) is 19.9 Å². The van der Waals surface area contributed by atoms with Gasteiger partial charge in [0.2, 0.25) is 0 Å². The van der Waals surface area contributed by atoms with Gasteiger partial charge < -0.3 is 30.6 Å². The number of carboxylic acids is 1. The van der Waals surface area contributed by atoms with E-state index in [1.165, 1.54) is 30.3 Å². The van der Waals surface area contributed by atoms with E-state index in [9.17, 15) is 19.8 Å². The minimum absolute atomic E-state index is 0.00700. The van der Waals surface area contributed by atoms with Crippen LogP contribution in [0.2, 0.25) is 0 Å². The van der Waals surface area contributed by atoms with Gasteiger partial charge in [0, 0.05) is 53.5 Å². The second-order valence-electron chi connectivity index (χ2n) is 8.37. The molecular weight excluding hydrogens is 466 g/mol. The van der Waals surface area contributed by atoms with Crippen molar-refractivity contribution in [3.8, 4) is 28.2 Å². The largest absolute Gasteiger partial charge is 0.508 e. The Labute approximate surface area is 206 Å². The molecule has 1 heterocycles. The fourth-order valence-electron chi connectivity index (χ4n) is 3.88. The zero-order chi connectivity index (χ0) is 25.1. The average Bonchev–Trinajstić information content (AvgIpc) is 2.80. The summed E-state index contributed by atoms with van der Waals surface area (Å²) in [5, 5.41) is 30.4. The minimum atomic E-state index is -1.12. The third-order valence-electron chi connectivity index (χ3n) is 5.42. The van der Waals surface area contributed by atoms with Crippen molar-refractivity contribution >= 4 is 40.0 Å². The summed E-state index contributed by atoms with van der Waals surface area (Å²) < 4.78 is 5.86. The molecular formula is C26H25N3O5S. The standard InChI is InChI=1S/C26H25N3O5S/c1-14(2)27-9-10-28-26(35)29-15-3-6-18(21(11-15)25(32)33)24-19-7-4-16(30)12-22(19)34-23-13-17(31)5-8-20(23)24/h3-8,11-14,27,30H,9-10H2,1-2H3,(H,32,33)(H2,28,29,35). The van der Waals surface area contributed by atoms with Gasteiger partial charge in [-0.15, -0.1) is 0 Å². The van der Waals surface area contributed by atoms with Gasteiger partial charge in [-0.1, -0.05) is 19.9 Å². The van der Waals surface area contributed by atoms with Crippen LogP contribution in [0, 0.1) is 0 Å². The number of carbonyl (C=O) groups is 1. The lowest BCUT2D eigenvalue weighted by Gasteiger charge is -2.18. The highest BCUT2D eigenvalue weighted by Crippen LogP contribution is 2.42. The monoisotopic (exact) mass is 491 g/mol. The molecule has 8 nitrogen and oxygen atoms in total. The van der Waals surface area contributed by atoms with Crippen molar-refractivity contribution in [2.24, 2.45) is 0 Å². The van der Waals surface area contributed by atoms with Gasteiger partial charge in [0.25, 0.3) is 0 Å². The van der Waals surface area contributed by atoms with Crippen molar-refractivity contribution < 1.29 is 19.4 Å². The maximum absolute atomic E-state index is 12.3. The van der Waals surface area contributed by atoms with E-state index in [-0.39, 0.29) is 16.7 Å². The minimum Gasteiger partial charge on any atom is -0.508 e. The molecule has 5 N–H and O–H groups in total. The fourth-order valence-corrected chi connectivity index (χ4v) is 4.10. The zero-order valence-corrected chi connectivity index (χ0v) is 20.0. The van der Waals surface area contributed by atoms with Crippen LogP contribution in [0.25, 0.3) is 33.4 Å². The van der Waals surface area contributed by atoms with Gasteiger partial charge in [-0.3, -0.25) is 4.79 Å². The number of phenolic OH excluding ortho intramolecular Hbond substituents is 1. The van der Waals surface area contributed by atoms with Gasteiger partial charge in [-0.25, -0.2) is 4.79 Å². The number of aromatic carboxylic acids is 1. The summed E-state index contributed by atoms with van der Waals surface area (Å²) in [7, 11) is 0. The van der Waals surface area contributed by atoms with E-state index in [4.69, 9.17) is 16.6 Å². The summed E-state index contributed by atoms with van der Waals surface area (Å²) in [4.78, 5) is 24.2. The molecule has 9 heteroatoms. The van der Waals surface area contributed by atoms with E-state index in [1.54, 1.807) is 24.3 Å². The van der Waals surface area contributed by atoms with Crippen LogP contribution in [-0.2, 0) is 0 Å². The Bertz CT molecular complexity index is 1450. The zero-order valence-electron chi connectivity index (χ0n) is 19.2. The highest BCUT2D eigenvalue weighted by atomic mass is 32.1. The Morgan fingerprint density at radius 2 is 1.80 bits per heavy atom. The van der Waals surface area contributed by atoms with E-state index >= 15 is 0 Å². The summed E-state index contributed by atoms with van der Waals surface area (Å²) >= 11 is 5.34. The van der Waals surface area contributed by atoms with Gasteiger partial charge in [-0.05, 0) is 54.2 Å². The summed E-state index contributed by atoms with van der Waals surface area (Å²) in [5.74, 6) is -0.832. The molecule has 0 amide bonds. The number of aromatic hydroxyl groups is 1. The second kappa shape index (κ2) is 10.1. The van der Waals surface area contributed by atoms with Crippen LogP contribution in [0.5, 0.6) is 5.75 Å². The van der Waals surface area contributed by atoms with Crippen LogP contribution < -0.4 is 21.4 Å². The van der Waals surface area contributed by atoms with Gasteiger partial charge in [0.1, 0.15) is 17.1 Å². The number of hydrogen-bond donors (Lipinski definition) is 5. The first-order valence-corrected chi connectivity index (χ1v) is 11.5. The number of hydrogen-bond acceptors (Lipinski definition) is 6. The first kappa shape index (κ1) is 24.2. The molecule has 0 unspecified atom stereocenters. The Balaban J connectivity index is 1.76. The van der Waals surface area contributed by atoms with Crippen LogP contribution >= 0.6 is 12.2 Å². The molecule has 2 aromatic carbocycles. The number of benzene rings is 3. The van der Waals surface area contributed by atoms with Gasteiger partial charge in [0.15, 0.2) is 10.5 Å². The molecule has 35 heavy (non-hydrogen) atoms. The maximum atomic E-state index is 12.3. The smallest absolute Gasteiger partial charge is 0.336 e. The lowest BCUT2D eigenvalue weighted by molar-refractivity contribution is 0.0697. The molecule has 0 atom stereocenters. The topological polar surface area (TPSA) is 124 Å². The van der Waals surface area contributed by atoms with E-state index in [0.717, 1.165) is 6.54 Å². The first-order valence-electron chi connectivity index (χ1n) is 11.1. The van der Waals surface area contributed by atoms with Crippen molar-refractivity contribution in [3.63, 3.8) is 0 Å². The SMILES string of the molecule is CC(C)NCCNC(=S)Nc1ccc(-c2c3ccc(=O)cc-3oc3cc(O)ccc23)c(C(=O)O)c1. The van der Waals surface area contributed by atoms with Crippen LogP contribution in [0.4, 0.5) is 5.69 Å². The molecule has 1 aliphatic heterocycles. The number of carboxylic acid groups (broad SMARTS) is 1. The fraction of sp³-hybridized carbons (Fsp3) is 0.192. The number of fused-ring (bicyclic) bond motifs is 2. The molecule has 0 saturated heterocycles. The van der Waals surface area contributed by atoms with E-state index < -0.39 is 5.97 Å². The summed E-state index contributed by atoms with van der Waals surface area (Å²) in [6, 6.07) is 14.3. The molecule has 0 saturated carbocycles. The average molecular weight is 492 g/mol. The number of phenols is 1. The molecule has 0 aromatic heterocycles. The van der Waals surface area contributed by atoms with Crippen molar-refractivity contribution in [1.29, 1.82) is 0 Å². The first-order chi connectivity index (χ1) is 16.7. The predicted octanol–water partition coefficient (Wildman–Crippen LogP) is 4.25. The van der Waals surface area contributed by atoms with Crippen LogP contribution in [-0.4, -0.2) is 40.4 Å². The van der Waals surface area contributed by atoms with Crippen molar-refractivity contribution in [3.05, 3.63) is 70.4 Å². The third kappa shape index (κ3) is 5.42. The van der Waals surface area contributed by atoms with Crippen LogP contribution in [0.1, 0.15) is 24.2 Å². The lowest BCUT2D eigenvalue weighted by Crippen LogP contribution is -2.36. The molecule has 4 rings (SSSR count). The van der Waals surface area contributed by atoms with E-state index in [0.29, 0.717) is 56.8 Å². The van der Waals surface area contributed by atoms with E-state index in [1.807, 2.05) is 0 Å². The molecule has 0 radical (unpaired) electrons. The molecule has 2 aromatic rings. The van der Waals surface area contributed by atoms with Gasteiger partial charge in [0.05, 0.1) is 5.56 Å². The molecule has 1 aliphatic carbocycles. The quantitative estimate of drug-likeness (QED) is 0.147. The van der Waals surface area contributed by atoms with Gasteiger partial charge >= 0.3 is 5.97 Å². The summed E-state index contributed by atoms with van der Waals surface area (Å²) in [6.45, 7) is 5.47. The number of anilines is 1. The maximum Gasteiger partial charge on any atom is 0.336 e. The highest BCUT2D eigenvalue weighted by molar-refractivity contribution is 7.80. The lowest BCUT2D eigenvalue weighted by atomic mass is 9.90. The second-order valence-corrected chi connectivity index (χ2v) is 8.78. The van der Waals surface area contributed by atoms with Crippen molar-refractivity contribution in [1.82, 2.24) is 10.6 Å². The third-order valence-corrected chi connectivity index (χ3v) is 5.66. The highest BCUT2D eigenvalue weighted by Gasteiger charge is 2.22. The molecule has 180 valence electrons. The Hall–Kier alpha value is -3.95. The Morgan fingerprint density at radius 3 is 2.54 bits per heavy atom. The van der Waals surface area contributed by atoms with Crippen LogP contribution in [0.15, 0.2) is 63.8 Å². The number of nitrogens with one attached hydrogen (secondary N) is 3. The Morgan fingerprint density at radius 1 is 1.03 bits per heavy atom. The molecule has 2 aliphatic rings. The normalized spacial score (nSPS) is 11.2. The molecule has 0 bridgehead atoms. The van der Waals surface area contributed by atoms with Gasteiger partial charge in [-0.2, -0.15) is 0 Å². The Kier molecular flexibility index (Phi) is 6.99. The van der Waals surface area contributed by atoms with Crippen molar-refractivity contribution in [2.75, 3.05) is 18.4 Å². The summed E-state index contributed by atoms with van der Waals surface area (Å²) in [5.41, 5.74) is 2.28. The summed E-state index contributed by atoms with van der Waals surface area (Å²) in [6.07, 6.45) is 0. The van der Waals surface area contributed by atoms with E-state index in [2.05, 4.69) is 29.8 Å². The molecule has 0 spiro atoms.